The summed E-state index contributed by atoms with van der Waals surface area (Å²) in [7, 11) is 0. The smallest absolute Gasteiger partial charge is 0.220 e. The van der Waals surface area contributed by atoms with Gasteiger partial charge in [-0.1, -0.05) is 24.3 Å². The van der Waals surface area contributed by atoms with Gasteiger partial charge in [0.2, 0.25) is 11.2 Å². The number of fused-ring (bicyclic) bond motifs is 3. The van der Waals surface area contributed by atoms with E-state index in [2.05, 4.69) is 60.0 Å². The minimum atomic E-state index is 0. The van der Waals surface area contributed by atoms with Gasteiger partial charge in [0, 0.05) is 50.8 Å². The number of nitrogen functional groups attached to an aromatic ring is 2. The summed E-state index contributed by atoms with van der Waals surface area (Å²) in [4.78, 5) is 0. The molecular formula is C21H20AgBrN3. The second kappa shape index (κ2) is 8.23. The molecule has 1 radical (unpaired) electrons. The molecule has 0 saturated heterocycles. The van der Waals surface area contributed by atoms with E-state index in [1.54, 1.807) is 0 Å². The van der Waals surface area contributed by atoms with Crippen LogP contribution >= 0.6 is 0 Å². The Balaban J connectivity index is 0.00000121. The van der Waals surface area contributed by atoms with Crippen LogP contribution in [0.4, 0.5) is 11.4 Å². The largest absolute Gasteiger partial charge is 1.00 e. The van der Waals surface area contributed by atoms with Gasteiger partial charge in [-0.25, -0.2) is 0 Å². The first-order chi connectivity index (χ1) is 11.7. The Morgan fingerprint density at radius 2 is 1.38 bits per heavy atom. The molecule has 1 heterocycles. The van der Waals surface area contributed by atoms with Crippen molar-refractivity contribution in [3.8, 4) is 11.3 Å². The Hall–Kier alpha value is -1.85. The summed E-state index contributed by atoms with van der Waals surface area (Å²) in [5.74, 6) is 0. The fraction of sp³-hybridized carbons (Fsp3) is 0.0952. The molecule has 137 valence electrons. The zero-order chi connectivity index (χ0) is 16.7. The second-order valence-corrected chi connectivity index (χ2v) is 6.04. The van der Waals surface area contributed by atoms with E-state index in [1.807, 2.05) is 18.2 Å². The number of hydrogen-bond acceptors (Lipinski definition) is 2. The Labute approximate surface area is 179 Å². The van der Waals surface area contributed by atoms with Crippen LogP contribution in [0.1, 0.15) is 6.92 Å². The van der Waals surface area contributed by atoms with Crippen molar-refractivity contribution in [2.24, 2.45) is 0 Å². The SMILES string of the molecule is CC[n+]1c(-c2ccccc2)c2cc(N)ccc2c2ccc(N)cc21.[Ag].[Br-]. The molecule has 3 nitrogen and oxygen atoms in total. The van der Waals surface area contributed by atoms with E-state index in [0.29, 0.717) is 0 Å². The fourth-order valence-electron chi connectivity index (χ4n) is 3.49. The average molecular weight is 502 g/mol. The van der Waals surface area contributed by atoms with Gasteiger partial charge >= 0.3 is 0 Å². The molecule has 0 atom stereocenters. The first-order valence-corrected chi connectivity index (χ1v) is 8.18. The molecule has 4 N–H and O–H groups in total. The summed E-state index contributed by atoms with van der Waals surface area (Å²) < 4.78 is 2.32. The van der Waals surface area contributed by atoms with Crippen LogP contribution in [0.5, 0.6) is 0 Å². The monoisotopic (exact) mass is 500 g/mol. The van der Waals surface area contributed by atoms with Crippen molar-refractivity contribution in [3.05, 3.63) is 66.7 Å². The summed E-state index contributed by atoms with van der Waals surface area (Å²) in [6.45, 7) is 3.02. The Morgan fingerprint density at radius 3 is 2.04 bits per heavy atom. The molecule has 0 spiro atoms. The maximum Gasteiger partial charge on any atom is 0.220 e. The predicted octanol–water partition coefficient (Wildman–Crippen LogP) is 1.13. The number of aryl methyl sites for hydroxylation is 1. The van der Waals surface area contributed by atoms with Crippen LogP contribution in [0.3, 0.4) is 0 Å². The van der Waals surface area contributed by atoms with Gasteiger partial charge in [0.1, 0.15) is 6.54 Å². The molecule has 0 bridgehead atoms. The summed E-state index contributed by atoms with van der Waals surface area (Å²) >= 11 is 0. The molecule has 0 fully saturated rings. The average Bonchev–Trinajstić information content (AvgIpc) is 2.61. The number of pyridine rings is 1. The summed E-state index contributed by atoms with van der Waals surface area (Å²) in [6, 6.07) is 22.7. The molecule has 0 saturated carbocycles. The van der Waals surface area contributed by atoms with E-state index in [1.165, 1.54) is 27.4 Å². The molecule has 0 amide bonds. The number of rotatable bonds is 2. The summed E-state index contributed by atoms with van der Waals surface area (Å²) in [5, 5.41) is 3.56. The Morgan fingerprint density at radius 1 is 0.769 bits per heavy atom. The van der Waals surface area contributed by atoms with Crippen molar-refractivity contribution in [1.82, 2.24) is 0 Å². The summed E-state index contributed by atoms with van der Waals surface area (Å²) in [6.07, 6.45) is 0. The molecule has 4 aromatic rings. The van der Waals surface area contributed by atoms with Crippen LogP contribution in [0.2, 0.25) is 0 Å². The first-order valence-electron chi connectivity index (χ1n) is 8.18. The third-order valence-electron chi connectivity index (χ3n) is 4.53. The number of nitrogens with two attached hydrogens (primary N) is 2. The van der Waals surface area contributed by atoms with E-state index < -0.39 is 0 Å². The minimum absolute atomic E-state index is 0. The van der Waals surface area contributed by atoms with Crippen molar-refractivity contribution in [2.75, 3.05) is 11.5 Å². The molecule has 5 heteroatoms. The van der Waals surface area contributed by atoms with Crippen molar-refractivity contribution in [1.29, 1.82) is 0 Å². The van der Waals surface area contributed by atoms with Crippen LogP contribution in [0.15, 0.2) is 66.7 Å². The van der Waals surface area contributed by atoms with E-state index in [-0.39, 0.29) is 39.4 Å². The van der Waals surface area contributed by atoms with Crippen LogP contribution in [-0.4, -0.2) is 0 Å². The van der Waals surface area contributed by atoms with Gasteiger partial charge in [-0.05, 0) is 43.3 Å². The van der Waals surface area contributed by atoms with Crippen molar-refractivity contribution in [2.45, 2.75) is 13.5 Å². The van der Waals surface area contributed by atoms with Gasteiger partial charge in [0.25, 0.3) is 0 Å². The van der Waals surface area contributed by atoms with Crippen LogP contribution < -0.4 is 33.0 Å². The second-order valence-electron chi connectivity index (χ2n) is 6.04. The minimum Gasteiger partial charge on any atom is -1.00 e. The number of nitrogens with zero attached hydrogens (tertiary/aromatic N) is 1. The normalized spacial score (nSPS) is 10.3. The molecule has 3 aromatic carbocycles. The number of anilines is 2. The van der Waals surface area contributed by atoms with Gasteiger partial charge < -0.3 is 28.4 Å². The molecule has 0 unspecified atom stereocenters. The maximum absolute atomic E-state index is 6.10. The maximum atomic E-state index is 6.10. The van der Waals surface area contributed by atoms with Crippen molar-refractivity contribution < 1.29 is 43.9 Å². The fourth-order valence-corrected chi connectivity index (χ4v) is 3.49. The quantitative estimate of drug-likeness (QED) is 0.187. The number of benzene rings is 3. The van der Waals surface area contributed by atoms with E-state index in [4.69, 9.17) is 11.5 Å². The Kier molecular flexibility index (Phi) is 6.48. The molecule has 0 aliphatic carbocycles. The predicted molar refractivity (Wildman–Crippen MR) is 102 cm³/mol. The van der Waals surface area contributed by atoms with E-state index in [0.717, 1.165) is 23.4 Å². The van der Waals surface area contributed by atoms with Gasteiger partial charge in [0.05, 0.1) is 10.8 Å². The van der Waals surface area contributed by atoms with E-state index in [9.17, 15) is 0 Å². The topological polar surface area (TPSA) is 55.9 Å². The zero-order valence-electron chi connectivity index (χ0n) is 14.3. The molecular weight excluding hydrogens is 482 g/mol. The molecule has 0 aliphatic rings. The van der Waals surface area contributed by atoms with Crippen LogP contribution in [0, 0.1) is 0 Å². The third kappa shape index (κ3) is 3.38. The molecule has 1 aromatic heterocycles. The molecule has 4 rings (SSSR count). The Bertz CT molecular complexity index is 1070. The first kappa shape index (κ1) is 20.5. The van der Waals surface area contributed by atoms with Gasteiger partial charge in [-0.2, -0.15) is 4.57 Å². The van der Waals surface area contributed by atoms with Crippen LogP contribution in [0.25, 0.3) is 32.9 Å². The van der Waals surface area contributed by atoms with Gasteiger partial charge in [-0.3, -0.25) is 0 Å². The van der Waals surface area contributed by atoms with Crippen molar-refractivity contribution in [3.63, 3.8) is 0 Å². The number of aromatic nitrogens is 1. The molecule has 26 heavy (non-hydrogen) atoms. The van der Waals surface area contributed by atoms with Gasteiger partial charge in [-0.15, -0.1) is 0 Å². The molecule has 0 aliphatic heterocycles. The third-order valence-corrected chi connectivity index (χ3v) is 4.53. The standard InChI is InChI=1S/C21H19N3.Ag.BrH/c1-2-24-20-13-16(23)9-11-18(20)17-10-8-15(22)12-19(17)21(24)14-6-4-3-5-7-14;;/h3-13,23H,2,22H2,1H3;;1H. The van der Waals surface area contributed by atoms with Crippen LogP contribution in [-0.2, 0) is 28.9 Å². The van der Waals surface area contributed by atoms with Gasteiger partial charge in [0.15, 0.2) is 0 Å². The van der Waals surface area contributed by atoms with Crippen molar-refractivity contribution >= 4 is 33.1 Å². The van der Waals surface area contributed by atoms with E-state index >= 15 is 0 Å². The summed E-state index contributed by atoms with van der Waals surface area (Å²) in [5.41, 5.74) is 17.2. The zero-order valence-corrected chi connectivity index (χ0v) is 17.4. The number of halogens is 1. The number of hydrogen-bond donors (Lipinski definition) is 2.